The SMILES string of the molecule is [C-]#[N+]c1ccc(-n2c3ccc(N(c4ccccc4)c4ccccc4)cc3c3c4ccccc4ccc32)c(C#N)c1-n1c2ccc(N(c3ccccc3)c3ccccc3)cc2c2cc3ccccc3cc21. The number of benzene rings is 11. The summed E-state index contributed by atoms with van der Waals surface area (Å²) in [6.07, 6.45) is 0. The zero-order chi connectivity index (χ0) is 46.7. The van der Waals surface area contributed by atoms with Crippen LogP contribution in [0.2, 0.25) is 0 Å². The molecule has 0 aliphatic rings. The topological polar surface area (TPSA) is 44.5 Å². The molecule has 0 atom stereocenters. The van der Waals surface area contributed by atoms with Gasteiger partial charge in [-0.15, -0.1) is 0 Å². The number of rotatable bonds is 8. The van der Waals surface area contributed by atoms with Crippen LogP contribution in [0.5, 0.6) is 0 Å². The molecule has 0 fully saturated rings. The number of aromatic nitrogens is 2. The molecular weight excluding hydrogens is 853 g/mol. The summed E-state index contributed by atoms with van der Waals surface area (Å²) in [6, 6.07) is 87.1. The summed E-state index contributed by atoms with van der Waals surface area (Å²) in [4.78, 5) is 8.72. The van der Waals surface area contributed by atoms with Crippen LogP contribution in [0.4, 0.5) is 39.8 Å². The van der Waals surface area contributed by atoms with Crippen molar-refractivity contribution >= 4 is 105 Å². The van der Waals surface area contributed by atoms with Gasteiger partial charge in [-0.3, -0.25) is 0 Å². The van der Waals surface area contributed by atoms with Gasteiger partial charge in [0.1, 0.15) is 6.07 Å². The predicted molar refractivity (Wildman–Crippen MR) is 290 cm³/mol. The fourth-order valence-electron chi connectivity index (χ4n) is 10.6. The summed E-state index contributed by atoms with van der Waals surface area (Å²) in [5.41, 5.74) is 11.9. The highest BCUT2D eigenvalue weighted by atomic mass is 15.1. The second-order valence-corrected chi connectivity index (χ2v) is 17.5. The van der Waals surface area contributed by atoms with E-state index in [9.17, 15) is 5.26 Å². The summed E-state index contributed by atoms with van der Waals surface area (Å²) in [5, 5.41) is 20.3. The molecule has 0 N–H and O–H groups in total. The smallest absolute Gasteiger partial charge is 0.212 e. The van der Waals surface area contributed by atoms with Crippen LogP contribution in [-0.4, -0.2) is 9.13 Å². The van der Waals surface area contributed by atoms with Crippen LogP contribution in [0.15, 0.2) is 243 Å². The molecule has 0 saturated carbocycles. The molecule has 0 saturated heterocycles. The molecule has 6 heteroatoms. The molecule has 70 heavy (non-hydrogen) atoms. The van der Waals surface area contributed by atoms with E-state index < -0.39 is 0 Å². The molecule has 0 aliphatic heterocycles. The first-order chi connectivity index (χ1) is 34.7. The first kappa shape index (κ1) is 40.4. The van der Waals surface area contributed by atoms with Crippen LogP contribution >= 0.6 is 0 Å². The van der Waals surface area contributed by atoms with Crippen molar-refractivity contribution in [2.24, 2.45) is 0 Å². The summed E-state index contributed by atoms with van der Waals surface area (Å²) in [5.74, 6) is 0. The number of fused-ring (bicyclic) bond motifs is 9. The monoisotopic (exact) mass is 892 g/mol. The van der Waals surface area contributed by atoms with Gasteiger partial charge in [-0.1, -0.05) is 133 Å². The largest absolute Gasteiger partial charge is 0.318 e. The van der Waals surface area contributed by atoms with Gasteiger partial charge < -0.3 is 18.9 Å². The van der Waals surface area contributed by atoms with Crippen LogP contribution in [0.1, 0.15) is 5.56 Å². The minimum Gasteiger partial charge on any atom is -0.318 e. The van der Waals surface area contributed by atoms with E-state index in [2.05, 4.69) is 236 Å². The molecule has 11 aromatic carbocycles. The van der Waals surface area contributed by atoms with E-state index in [4.69, 9.17) is 6.57 Å². The Hall–Kier alpha value is -9.88. The molecule has 2 aromatic heterocycles. The molecule has 0 aliphatic carbocycles. The predicted octanol–water partition coefficient (Wildman–Crippen LogP) is 17.5. The molecular formula is C64H40N6. The number of hydrogen-bond donors (Lipinski definition) is 0. The second-order valence-electron chi connectivity index (χ2n) is 17.5. The molecule has 0 unspecified atom stereocenters. The Labute approximate surface area is 404 Å². The van der Waals surface area contributed by atoms with Crippen LogP contribution in [0.3, 0.4) is 0 Å². The van der Waals surface area contributed by atoms with E-state index >= 15 is 0 Å². The van der Waals surface area contributed by atoms with Gasteiger partial charge in [0.25, 0.3) is 0 Å². The fourth-order valence-corrected chi connectivity index (χ4v) is 10.6. The van der Waals surface area contributed by atoms with Crippen molar-refractivity contribution < 1.29 is 0 Å². The van der Waals surface area contributed by atoms with E-state index in [0.29, 0.717) is 22.6 Å². The Balaban J connectivity index is 1.09. The van der Waals surface area contributed by atoms with Gasteiger partial charge in [-0.05, 0) is 131 Å². The lowest BCUT2D eigenvalue weighted by Gasteiger charge is -2.25. The Morgan fingerprint density at radius 1 is 0.371 bits per heavy atom. The van der Waals surface area contributed by atoms with E-state index in [0.717, 1.165) is 99.3 Å². The van der Waals surface area contributed by atoms with Gasteiger partial charge in [-0.25, -0.2) is 4.85 Å². The van der Waals surface area contributed by atoms with Crippen LogP contribution in [0.25, 0.3) is 81.4 Å². The molecule has 13 rings (SSSR count). The number of hydrogen-bond acceptors (Lipinski definition) is 3. The van der Waals surface area contributed by atoms with Gasteiger partial charge >= 0.3 is 0 Å². The summed E-state index contributed by atoms with van der Waals surface area (Å²) in [6.45, 7) is 8.67. The number of anilines is 6. The third-order valence-electron chi connectivity index (χ3n) is 13.7. The van der Waals surface area contributed by atoms with Crippen LogP contribution in [-0.2, 0) is 0 Å². The number of para-hydroxylation sites is 4. The van der Waals surface area contributed by atoms with Crippen molar-refractivity contribution in [1.82, 2.24) is 9.13 Å². The first-order valence-corrected chi connectivity index (χ1v) is 23.4. The van der Waals surface area contributed by atoms with Crippen molar-refractivity contribution in [3.63, 3.8) is 0 Å². The quantitative estimate of drug-likeness (QED) is 0.143. The summed E-state index contributed by atoms with van der Waals surface area (Å²) < 4.78 is 4.38. The molecule has 2 heterocycles. The third-order valence-corrected chi connectivity index (χ3v) is 13.7. The lowest BCUT2D eigenvalue weighted by atomic mass is 10.0. The Kier molecular flexibility index (Phi) is 9.50. The molecule has 0 amide bonds. The van der Waals surface area contributed by atoms with Crippen molar-refractivity contribution in [2.75, 3.05) is 9.80 Å². The Morgan fingerprint density at radius 2 is 0.843 bits per heavy atom. The zero-order valence-corrected chi connectivity index (χ0v) is 37.8. The number of nitrogens with zero attached hydrogens (tertiary/aromatic N) is 6. The minimum absolute atomic E-state index is 0.390. The van der Waals surface area contributed by atoms with E-state index in [1.165, 1.54) is 0 Å². The van der Waals surface area contributed by atoms with Gasteiger partial charge in [0.2, 0.25) is 5.69 Å². The highest BCUT2D eigenvalue weighted by molar-refractivity contribution is 6.22. The maximum atomic E-state index is 11.7. The first-order valence-electron chi connectivity index (χ1n) is 23.4. The molecule has 0 spiro atoms. The van der Waals surface area contributed by atoms with Gasteiger partial charge in [0.05, 0.1) is 45.6 Å². The van der Waals surface area contributed by atoms with Crippen molar-refractivity contribution in [3.05, 3.63) is 260 Å². The van der Waals surface area contributed by atoms with Crippen molar-refractivity contribution in [1.29, 1.82) is 5.26 Å². The molecule has 0 bridgehead atoms. The second kappa shape index (κ2) is 16.5. The maximum Gasteiger partial charge on any atom is 0.212 e. The molecule has 13 aromatic rings. The van der Waals surface area contributed by atoms with Crippen LogP contribution < -0.4 is 9.80 Å². The highest BCUT2D eigenvalue weighted by Gasteiger charge is 2.26. The Morgan fingerprint density at radius 3 is 1.40 bits per heavy atom. The number of nitriles is 1. The molecule has 6 nitrogen and oxygen atoms in total. The maximum absolute atomic E-state index is 11.7. The average Bonchev–Trinajstić information content (AvgIpc) is 3.92. The Bertz CT molecular complexity index is 4180. The third kappa shape index (κ3) is 6.40. The van der Waals surface area contributed by atoms with Gasteiger partial charge in [0, 0.05) is 55.7 Å². The van der Waals surface area contributed by atoms with Crippen LogP contribution in [0, 0.1) is 17.9 Å². The summed E-state index contributed by atoms with van der Waals surface area (Å²) in [7, 11) is 0. The van der Waals surface area contributed by atoms with Crippen molar-refractivity contribution in [2.45, 2.75) is 0 Å². The van der Waals surface area contributed by atoms with Gasteiger partial charge in [-0.2, -0.15) is 5.26 Å². The fraction of sp³-hybridized carbons (Fsp3) is 0. The summed E-state index contributed by atoms with van der Waals surface area (Å²) >= 11 is 0. The van der Waals surface area contributed by atoms with E-state index in [1.807, 2.05) is 36.4 Å². The normalized spacial score (nSPS) is 11.4. The lowest BCUT2D eigenvalue weighted by Crippen LogP contribution is -2.09. The van der Waals surface area contributed by atoms with Crippen molar-refractivity contribution in [3.8, 4) is 17.4 Å². The van der Waals surface area contributed by atoms with E-state index in [1.54, 1.807) is 0 Å². The standard InChI is InChI=1S/C64H40N6/c1-66-57-33-37-60(69-59-36-32-51(68(48-25-10-4-11-26-48)49-27-12-5-13-28-49)41-55(59)63-52-29-17-16-18-43(52)30-34-61(63)69)56(42-65)64(57)70-58-35-31-50(67(46-21-6-2-7-22-46)47-23-8-3-9-24-47)40-54(58)53-38-44-19-14-15-20-45(44)39-62(53)70/h2-41H. The molecule has 0 radical (unpaired) electrons. The average molecular weight is 893 g/mol. The highest BCUT2D eigenvalue weighted by Crippen LogP contribution is 2.46. The molecule has 326 valence electrons. The lowest BCUT2D eigenvalue weighted by molar-refractivity contribution is 1.12. The van der Waals surface area contributed by atoms with Gasteiger partial charge in [0.15, 0.2) is 0 Å². The van der Waals surface area contributed by atoms with E-state index in [-0.39, 0.29) is 0 Å². The zero-order valence-electron chi connectivity index (χ0n) is 37.8. The minimum atomic E-state index is 0.390.